The van der Waals surface area contributed by atoms with Crippen molar-refractivity contribution in [3.05, 3.63) is 58.6 Å². The van der Waals surface area contributed by atoms with Crippen LogP contribution in [0.5, 0.6) is 0 Å². The van der Waals surface area contributed by atoms with Crippen molar-refractivity contribution < 1.29 is 4.21 Å². The maximum absolute atomic E-state index is 12.2. The van der Waals surface area contributed by atoms with Crippen LogP contribution < -0.4 is 5.73 Å². The van der Waals surface area contributed by atoms with E-state index >= 15 is 0 Å². The molecule has 0 aliphatic carbocycles. The van der Waals surface area contributed by atoms with Gasteiger partial charge in [0.15, 0.2) is 0 Å². The van der Waals surface area contributed by atoms with Gasteiger partial charge in [-0.05, 0) is 30.7 Å². The molecule has 0 saturated carbocycles. The van der Waals surface area contributed by atoms with Gasteiger partial charge < -0.3 is 5.73 Å². The average molecular weight is 280 g/mol. The summed E-state index contributed by atoms with van der Waals surface area (Å²) in [5, 5.41) is 0.449. The number of hydrogen-bond acceptors (Lipinski definition) is 2. The van der Waals surface area contributed by atoms with Crippen LogP contribution in [0.1, 0.15) is 11.1 Å². The standard InChI is InChI=1S/C14H14ClNOS/c1-10-2-4-11(5-3-10)9-18(17)12-6-7-14(16)13(15)8-12/h2-8H,9,16H2,1H3. The van der Waals surface area contributed by atoms with Gasteiger partial charge in [-0.2, -0.15) is 0 Å². The van der Waals surface area contributed by atoms with Crippen LogP contribution in [0.25, 0.3) is 0 Å². The molecule has 0 heterocycles. The molecule has 2 rings (SSSR count). The van der Waals surface area contributed by atoms with Gasteiger partial charge in [0.25, 0.3) is 0 Å². The lowest BCUT2D eigenvalue weighted by atomic mass is 10.2. The third kappa shape index (κ3) is 3.12. The molecule has 0 fully saturated rings. The largest absolute Gasteiger partial charge is 0.398 e. The molecule has 0 saturated heterocycles. The first kappa shape index (κ1) is 13.1. The van der Waals surface area contributed by atoms with Gasteiger partial charge >= 0.3 is 0 Å². The molecule has 18 heavy (non-hydrogen) atoms. The Labute approximate surface area is 114 Å². The molecule has 0 bridgehead atoms. The van der Waals surface area contributed by atoms with Gasteiger partial charge in [-0.1, -0.05) is 41.4 Å². The molecule has 4 heteroatoms. The van der Waals surface area contributed by atoms with E-state index in [0.29, 0.717) is 21.4 Å². The van der Waals surface area contributed by atoms with Crippen molar-refractivity contribution in [3.8, 4) is 0 Å². The third-order valence-corrected chi connectivity index (χ3v) is 4.36. The van der Waals surface area contributed by atoms with Gasteiger partial charge in [-0.15, -0.1) is 0 Å². The molecule has 0 aliphatic rings. The normalized spacial score (nSPS) is 12.3. The number of nitrogens with two attached hydrogens (primary N) is 1. The second-order valence-electron chi connectivity index (χ2n) is 4.16. The first-order chi connectivity index (χ1) is 8.56. The first-order valence-corrected chi connectivity index (χ1v) is 7.25. The summed E-state index contributed by atoms with van der Waals surface area (Å²) in [6, 6.07) is 13.1. The van der Waals surface area contributed by atoms with E-state index in [4.69, 9.17) is 17.3 Å². The average Bonchev–Trinajstić information content (AvgIpc) is 2.35. The summed E-state index contributed by atoms with van der Waals surface area (Å²) in [7, 11) is -1.10. The van der Waals surface area contributed by atoms with Gasteiger partial charge in [0, 0.05) is 4.90 Å². The van der Waals surface area contributed by atoms with Crippen LogP contribution in [0.3, 0.4) is 0 Å². The lowest BCUT2D eigenvalue weighted by Gasteiger charge is -2.05. The van der Waals surface area contributed by atoms with E-state index in [2.05, 4.69) is 0 Å². The van der Waals surface area contributed by atoms with Crippen LogP contribution in [0.2, 0.25) is 5.02 Å². The van der Waals surface area contributed by atoms with Crippen molar-refractivity contribution in [1.82, 2.24) is 0 Å². The minimum atomic E-state index is -1.10. The maximum Gasteiger partial charge on any atom is 0.0647 e. The molecular formula is C14H14ClNOS. The van der Waals surface area contributed by atoms with Crippen LogP contribution in [0.15, 0.2) is 47.4 Å². The van der Waals surface area contributed by atoms with E-state index in [-0.39, 0.29) is 0 Å². The predicted octanol–water partition coefficient (Wildman–Crippen LogP) is 3.54. The highest BCUT2D eigenvalue weighted by Crippen LogP contribution is 2.22. The monoisotopic (exact) mass is 279 g/mol. The summed E-state index contributed by atoms with van der Waals surface area (Å²) >= 11 is 5.92. The summed E-state index contributed by atoms with van der Waals surface area (Å²) in [6.45, 7) is 2.03. The van der Waals surface area contributed by atoms with Crippen molar-refractivity contribution >= 4 is 28.1 Å². The minimum Gasteiger partial charge on any atom is -0.398 e. The summed E-state index contributed by atoms with van der Waals surface area (Å²) < 4.78 is 12.2. The summed E-state index contributed by atoms with van der Waals surface area (Å²) in [6.07, 6.45) is 0. The molecule has 0 amide bonds. The fourth-order valence-electron chi connectivity index (χ4n) is 1.57. The Bertz CT molecular complexity index is 581. The predicted molar refractivity (Wildman–Crippen MR) is 77.2 cm³/mol. The Morgan fingerprint density at radius 3 is 2.44 bits per heavy atom. The second kappa shape index (κ2) is 5.55. The summed E-state index contributed by atoms with van der Waals surface area (Å²) in [4.78, 5) is 0.703. The van der Waals surface area contributed by atoms with E-state index < -0.39 is 10.8 Å². The Balaban J connectivity index is 2.16. The van der Waals surface area contributed by atoms with Crippen LogP contribution >= 0.6 is 11.6 Å². The van der Waals surface area contributed by atoms with Gasteiger partial charge in [0.2, 0.25) is 0 Å². The molecule has 1 unspecified atom stereocenters. The molecule has 0 aliphatic heterocycles. The molecular weight excluding hydrogens is 266 g/mol. The van der Waals surface area contributed by atoms with E-state index in [1.165, 1.54) is 5.56 Å². The van der Waals surface area contributed by atoms with E-state index in [1.54, 1.807) is 18.2 Å². The molecule has 94 valence electrons. The van der Waals surface area contributed by atoms with Crippen LogP contribution in [0.4, 0.5) is 5.69 Å². The molecule has 0 aromatic heterocycles. The molecule has 0 spiro atoms. The number of rotatable bonds is 3. The van der Waals surface area contributed by atoms with Gasteiger partial charge in [-0.3, -0.25) is 4.21 Å². The summed E-state index contributed by atoms with van der Waals surface area (Å²) in [5.41, 5.74) is 8.38. The fraction of sp³-hybridized carbons (Fsp3) is 0.143. The summed E-state index contributed by atoms with van der Waals surface area (Å²) in [5.74, 6) is 0.487. The Hall–Kier alpha value is -1.32. The highest BCUT2D eigenvalue weighted by Gasteiger charge is 2.07. The number of aryl methyl sites for hydroxylation is 1. The van der Waals surface area contributed by atoms with Gasteiger partial charge in [-0.25, -0.2) is 0 Å². The lowest BCUT2D eigenvalue weighted by Crippen LogP contribution is -1.97. The fourth-order valence-corrected chi connectivity index (χ4v) is 2.94. The zero-order chi connectivity index (χ0) is 13.1. The molecule has 0 radical (unpaired) electrons. The smallest absolute Gasteiger partial charge is 0.0647 e. The highest BCUT2D eigenvalue weighted by molar-refractivity contribution is 7.84. The molecule has 2 nitrogen and oxygen atoms in total. The third-order valence-electron chi connectivity index (χ3n) is 2.65. The van der Waals surface area contributed by atoms with Crippen LogP contribution in [-0.4, -0.2) is 4.21 Å². The van der Waals surface area contributed by atoms with Crippen molar-refractivity contribution in [3.63, 3.8) is 0 Å². The van der Waals surface area contributed by atoms with Crippen molar-refractivity contribution in [1.29, 1.82) is 0 Å². The van der Waals surface area contributed by atoms with Gasteiger partial charge in [0.05, 0.1) is 27.3 Å². The highest BCUT2D eigenvalue weighted by atomic mass is 35.5. The van der Waals surface area contributed by atoms with E-state index in [1.807, 2.05) is 31.2 Å². The van der Waals surface area contributed by atoms with Crippen LogP contribution in [0, 0.1) is 6.92 Å². The lowest BCUT2D eigenvalue weighted by molar-refractivity contribution is 0.682. The molecule has 1 atom stereocenters. The van der Waals surface area contributed by atoms with E-state index in [9.17, 15) is 4.21 Å². The Kier molecular flexibility index (Phi) is 4.04. The quantitative estimate of drug-likeness (QED) is 0.874. The number of anilines is 1. The SMILES string of the molecule is Cc1ccc(CS(=O)c2ccc(N)c(Cl)c2)cc1. The van der Waals surface area contributed by atoms with Crippen molar-refractivity contribution in [2.75, 3.05) is 5.73 Å². The molecule has 2 N–H and O–H groups in total. The zero-order valence-electron chi connectivity index (χ0n) is 10.0. The second-order valence-corrected chi connectivity index (χ2v) is 6.02. The van der Waals surface area contributed by atoms with Crippen molar-refractivity contribution in [2.24, 2.45) is 0 Å². The van der Waals surface area contributed by atoms with Gasteiger partial charge in [0.1, 0.15) is 0 Å². The zero-order valence-corrected chi connectivity index (χ0v) is 11.6. The van der Waals surface area contributed by atoms with Crippen LogP contribution in [-0.2, 0) is 16.6 Å². The number of hydrogen-bond donors (Lipinski definition) is 1. The Morgan fingerprint density at radius 2 is 1.83 bits per heavy atom. The number of halogens is 1. The molecule has 2 aromatic rings. The van der Waals surface area contributed by atoms with Crippen molar-refractivity contribution in [2.45, 2.75) is 17.6 Å². The minimum absolute atomic E-state index is 0.449. The van der Waals surface area contributed by atoms with E-state index in [0.717, 1.165) is 5.56 Å². The number of nitrogen functional groups attached to an aromatic ring is 1. The topological polar surface area (TPSA) is 43.1 Å². The first-order valence-electron chi connectivity index (χ1n) is 5.55. The molecule has 2 aromatic carbocycles. The Morgan fingerprint density at radius 1 is 1.17 bits per heavy atom. The maximum atomic E-state index is 12.2. The number of benzene rings is 2.